The Hall–Kier alpha value is -1.58. The Bertz CT molecular complexity index is 696. The lowest BCUT2D eigenvalue weighted by atomic mass is 10.3. The molecule has 9 heteroatoms. The third-order valence-corrected chi connectivity index (χ3v) is 5.11. The smallest absolute Gasteiger partial charge is 0.241 e. The van der Waals surface area contributed by atoms with Crippen molar-refractivity contribution in [3.05, 3.63) is 24.5 Å². The van der Waals surface area contributed by atoms with E-state index in [1.807, 2.05) is 0 Å². The molecule has 0 aliphatic rings. The van der Waals surface area contributed by atoms with Crippen LogP contribution in [0.15, 0.2) is 39.5 Å². The van der Waals surface area contributed by atoms with E-state index in [1.54, 1.807) is 30.1 Å². The van der Waals surface area contributed by atoms with Gasteiger partial charge in [0.1, 0.15) is 6.33 Å². The second-order valence-electron chi connectivity index (χ2n) is 3.74. The van der Waals surface area contributed by atoms with Crippen molar-refractivity contribution >= 4 is 27.5 Å². The monoisotopic (exact) mass is 299 g/mol. The Balaban J connectivity index is 2.49. The fourth-order valence-corrected chi connectivity index (χ4v) is 3.46. The molecule has 1 heterocycles. The maximum Gasteiger partial charge on any atom is 0.241 e. The molecule has 3 N–H and O–H groups in total. The number of hydrogen-bond donors (Lipinski definition) is 2. The van der Waals surface area contributed by atoms with Gasteiger partial charge in [0.25, 0.3) is 0 Å². The first-order valence-corrected chi connectivity index (χ1v) is 7.59. The van der Waals surface area contributed by atoms with Crippen molar-refractivity contribution in [1.29, 1.82) is 0 Å². The summed E-state index contributed by atoms with van der Waals surface area (Å²) in [6.07, 6.45) is 1.55. The van der Waals surface area contributed by atoms with Crippen LogP contribution in [0.25, 0.3) is 0 Å². The van der Waals surface area contributed by atoms with Gasteiger partial charge in [0.05, 0.1) is 4.90 Å². The third kappa shape index (κ3) is 2.88. The molecule has 0 aliphatic heterocycles. The lowest BCUT2D eigenvalue weighted by Gasteiger charge is -2.09. The Labute approximate surface area is 115 Å². The number of sulfonamides is 1. The zero-order valence-electron chi connectivity index (χ0n) is 10.4. The highest BCUT2D eigenvalue weighted by atomic mass is 32.2. The number of nitrogens with two attached hydrogens (primary N) is 1. The van der Waals surface area contributed by atoms with Gasteiger partial charge >= 0.3 is 0 Å². The number of nitrogen functional groups attached to an aromatic ring is 1. The van der Waals surface area contributed by atoms with Crippen molar-refractivity contribution in [3.8, 4) is 0 Å². The van der Waals surface area contributed by atoms with E-state index in [0.29, 0.717) is 15.7 Å². The third-order valence-electron chi connectivity index (χ3n) is 2.40. The van der Waals surface area contributed by atoms with E-state index < -0.39 is 10.0 Å². The topological polar surface area (TPSA) is 103 Å². The van der Waals surface area contributed by atoms with Crippen molar-refractivity contribution in [2.75, 3.05) is 12.8 Å². The number of hydrogen-bond acceptors (Lipinski definition) is 6. The van der Waals surface area contributed by atoms with Crippen LogP contribution in [0.4, 0.5) is 5.69 Å². The Morgan fingerprint density at radius 3 is 2.74 bits per heavy atom. The Morgan fingerprint density at radius 2 is 2.16 bits per heavy atom. The average molecular weight is 299 g/mol. The zero-order valence-corrected chi connectivity index (χ0v) is 12.0. The van der Waals surface area contributed by atoms with Crippen LogP contribution in [-0.2, 0) is 17.1 Å². The summed E-state index contributed by atoms with van der Waals surface area (Å²) in [4.78, 5) is 0.669. The summed E-state index contributed by atoms with van der Waals surface area (Å²) >= 11 is 1.21. The first-order chi connectivity index (χ1) is 8.94. The summed E-state index contributed by atoms with van der Waals surface area (Å²) in [6, 6.07) is 4.72. The molecule has 102 valence electrons. The Kier molecular flexibility index (Phi) is 3.78. The highest BCUT2D eigenvalue weighted by Crippen LogP contribution is 2.32. The fourth-order valence-electron chi connectivity index (χ4n) is 1.39. The number of anilines is 1. The number of aryl methyl sites for hydroxylation is 1. The molecule has 0 atom stereocenters. The molecular formula is C10H13N5O2S2. The van der Waals surface area contributed by atoms with E-state index in [4.69, 9.17) is 5.73 Å². The molecule has 1 aromatic carbocycles. The van der Waals surface area contributed by atoms with Crippen LogP contribution in [0.1, 0.15) is 0 Å². The van der Waals surface area contributed by atoms with Gasteiger partial charge in [-0.2, -0.15) is 0 Å². The van der Waals surface area contributed by atoms with Gasteiger partial charge in [0.15, 0.2) is 5.16 Å². The van der Waals surface area contributed by atoms with Crippen molar-refractivity contribution in [2.45, 2.75) is 14.9 Å². The molecule has 1 aromatic heterocycles. The van der Waals surface area contributed by atoms with Crippen LogP contribution in [0.2, 0.25) is 0 Å². The first-order valence-electron chi connectivity index (χ1n) is 5.29. The molecule has 0 saturated heterocycles. The molecule has 0 fully saturated rings. The van der Waals surface area contributed by atoms with E-state index in [-0.39, 0.29) is 4.90 Å². The minimum atomic E-state index is -3.58. The SMILES string of the molecule is CNS(=O)(=O)c1cc(N)ccc1Sc1nncn1C. The second kappa shape index (κ2) is 5.19. The number of nitrogens with zero attached hydrogens (tertiary/aromatic N) is 3. The maximum absolute atomic E-state index is 12.0. The predicted octanol–water partition coefficient (Wildman–Crippen LogP) is 0.457. The van der Waals surface area contributed by atoms with Gasteiger partial charge < -0.3 is 10.3 Å². The number of benzene rings is 1. The molecule has 0 unspecified atom stereocenters. The van der Waals surface area contributed by atoms with Crippen molar-refractivity contribution < 1.29 is 8.42 Å². The lowest BCUT2D eigenvalue weighted by molar-refractivity contribution is 0.586. The molecule has 0 amide bonds. The van der Waals surface area contributed by atoms with Crippen molar-refractivity contribution in [3.63, 3.8) is 0 Å². The van der Waals surface area contributed by atoms with Crippen LogP contribution in [0.3, 0.4) is 0 Å². The molecular weight excluding hydrogens is 286 g/mol. The molecule has 2 rings (SSSR count). The van der Waals surface area contributed by atoms with Gasteiger partial charge in [-0.1, -0.05) is 0 Å². The van der Waals surface area contributed by atoms with Gasteiger partial charge in [0, 0.05) is 17.6 Å². The van der Waals surface area contributed by atoms with Crippen molar-refractivity contribution in [2.24, 2.45) is 7.05 Å². The minimum absolute atomic E-state index is 0.128. The molecule has 0 bridgehead atoms. The van der Waals surface area contributed by atoms with Gasteiger partial charge in [-0.25, -0.2) is 13.1 Å². The fraction of sp³-hybridized carbons (Fsp3) is 0.200. The van der Waals surface area contributed by atoms with E-state index in [1.165, 1.54) is 24.9 Å². The van der Waals surface area contributed by atoms with E-state index in [9.17, 15) is 8.42 Å². The quantitative estimate of drug-likeness (QED) is 0.795. The van der Waals surface area contributed by atoms with Crippen LogP contribution in [0, 0.1) is 0 Å². The normalized spacial score (nSPS) is 11.7. The molecule has 7 nitrogen and oxygen atoms in total. The maximum atomic E-state index is 12.0. The summed E-state index contributed by atoms with van der Waals surface area (Å²) in [5.41, 5.74) is 6.03. The van der Waals surface area contributed by atoms with Gasteiger partial charge in [-0.3, -0.25) is 0 Å². The first kappa shape index (κ1) is 13.8. The molecule has 0 spiro atoms. The number of nitrogens with one attached hydrogen (secondary N) is 1. The molecule has 0 aliphatic carbocycles. The standard InChI is InChI=1S/C10H13N5O2S2/c1-12-19(16,17)9-5-7(11)3-4-8(9)18-10-14-13-6-15(10)2/h3-6,12H,11H2,1-2H3. The van der Waals surface area contributed by atoms with Crippen molar-refractivity contribution in [1.82, 2.24) is 19.5 Å². The van der Waals surface area contributed by atoms with Crippen LogP contribution < -0.4 is 10.5 Å². The van der Waals surface area contributed by atoms with Gasteiger partial charge in [0.2, 0.25) is 10.0 Å². The molecule has 2 aromatic rings. The number of aromatic nitrogens is 3. The second-order valence-corrected chi connectivity index (χ2v) is 6.60. The highest BCUT2D eigenvalue weighted by Gasteiger charge is 2.19. The molecule has 19 heavy (non-hydrogen) atoms. The van der Waals surface area contributed by atoms with E-state index in [0.717, 1.165) is 0 Å². The minimum Gasteiger partial charge on any atom is -0.399 e. The molecule has 0 saturated carbocycles. The summed E-state index contributed by atoms with van der Waals surface area (Å²) in [7, 11) is -0.436. The van der Waals surface area contributed by atoms with Gasteiger partial charge in [-0.05, 0) is 37.0 Å². The van der Waals surface area contributed by atoms with Crippen LogP contribution >= 0.6 is 11.8 Å². The van der Waals surface area contributed by atoms with Crippen LogP contribution in [-0.4, -0.2) is 30.2 Å². The number of rotatable bonds is 4. The summed E-state index contributed by atoms with van der Waals surface area (Å²) in [5.74, 6) is 0. The highest BCUT2D eigenvalue weighted by molar-refractivity contribution is 8.00. The summed E-state index contributed by atoms with van der Waals surface area (Å²) < 4.78 is 27.9. The average Bonchev–Trinajstić information content (AvgIpc) is 2.77. The zero-order chi connectivity index (χ0) is 14.0. The van der Waals surface area contributed by atoms with E-state index >= 15 is 0 Å². The summed E-state index contributed by atoms with van der Waals surface area (Å²) in [5, 5.41) is 8.26. The van der Waals surface area contributed by atoms with E-state index in [2.05, 4.69) is 14.9 Å². The largest absolute Gasteiger partial charge is 0.399 e. The summed E-state index contributed by atoms with van der Waals surface area (Å²) in [6.45, 7) is 0. The Morgan fingerprint density at radius 1 is 1.42 bits per heavy atom. The molecule has 0 radical (unpaired) electrons. The van der Waals surface area contributed by atoms with Gasteiger partial charge in [-0.15, -0.1) is 10.2 Å². The lowest BCUT2D eigenvalue weighted by Crippen LogP contribution is -2.19. The van der Waals surface area contributed by atoms with Crippen LogP contribution in [0.5, 0.6) is 0 Å². The predicted molar refractivity (Wildman–Crippen MR) is 72.2 cm³/mol.